The molecule has 1 atom stereocenters. The number of carbonyl (C=O) groups excluding carboxylic acids is 3. The zero-order chi connectivity index (χ0) is 22.4. The molecule has 0 radical (unpaired) electrons. The zero-order valence-electron chi connectivity index (χ0n) is 16.9. The maximum absolute atomic E-state index is 13.2. The number of anilines is 1. The van der Waals surface area contributed by atoms with Crippen LogP contribution in [0.25, 0.3) is 0 Å². The highest BCUT2D eigenvalue weighted by molar-refractivity contribution is 7.89. The highest BCUT2D eigenvalue weighted by Gasteiger charge is 2.39. The first kappa shape index (κ1) is 22.4. The van der Waals surface area contributed by atoms with Crippen molar-refractivity contribution in [1.29, 1.82) is 0 Å². The summed E-state index contributed by atoms with van der Waals surface area (Å²) in [5.74, 6) is -1.26. The summed E-state index contributed by atoms with van der Waals surface area (Å²) in [4.78, 5) is 39.9. The Morgan fingerprint density at radius 2 is 1.97 bits per heavy atom. The summed E-state index contributed by atoms with van der Waals surface area (Å²) in [6, 6.07) is 8.01. The van der Waals surface area contributed by atoms with Gasteiger partial charge in [-0.2, -0.15) is 4.31 Å². The largest absolute Gasteiger partial charge is 0.353 e. The number of rotatable bonds is 7. The molecular formula is C20H23N5O5S. The van der Waals surface area contributed by atoms with Crippen LogP contribution in [0.5, 0.6) is 0 Å². The molecule has 1 aliphatic heterocycles. The second-order valence-electron chi connectivity index (χ2n) is 6.97. The SMILES string of the molecule is CC(=O)Nc1ccc(S(=O)(=O)N2CCNC(=O)C2CC(=O)NCc2cccnc2)cc1. The van der Waals surface area contributed by atoms with Crippen LogP contribution in [0.2, 0.25) is 0 Å². The van der Waals surface area contributed by atoms with E-state index in [4.69, 9.17) is 0 Å². The van der Waals surface area contributed by atoms with E-state index < -0.39 is 27.9 Å². The molecule has 1 fully saturated rings. The average molecular weight is 446 g/mol. The number of aromatic nitrogens is 1. The lowest BCUT2D eigenvalue weighted by Crippen LogP contribution is -2.58. The Balaban J connectivity index is 1.73. The van der Waals surface area contributed by atoms with Gasteiger partial charge in [-0.1, -0.05) is 6.07 Å². The number of nitrogens with one attached hydrogen (secondary N) is 3. The Labute approximate surface area is 180 Å². The lowest BCUT2D eigenvalue weighted by molar-refractivity contribution is -0.131. The maximum atomic E-state index is 13.2. The fourth-order valence-electron chi connectivity index (χ4n) is 3.18. The predicted molar refractivity (Wildman–Crippen MR) is 112 cm³/mol. The van der Waals surface area contributed by atoms with Crippen LogP contribution in [-0.4, -0.2) is 54.6 Å². The molecule has 11 heteroatoms. The molecule has 0 aliphatic carbocycles. The van der Waals surface area contributed by atoms with E-state index in [1.54, 1.807) is 24.5 Å². The first-order valence-electron chi connectivity index (χ1n) is 9.60. The van der Waals surface area contributed by atoms with Crippen LogP contribution in [0.3, 0.4) is 0 Å². The summed E-state index contributed by atoms with van der Waals surface area (Å²) in [6.45, 7) is 1.76. The second kappa shape index (κ2) is 9.67. The van der Waals surface area contributed by atoms with Gasteiger partial charge in [-0.25, -0.2) is 8.42 Å². The number of benzene rings is 1. The highest BCUT2D eigenvalue weighted by atomic mass is 32.2. The molecule has 1 aliphatic rings. The van der Waals surface area contributed by atoms with Crippen molar-refractivity contribution >= 4 is 33.4 Å². The van der Waals surface area contributed by atoms with Crippen molar-refractivity contribution in [2.24, 2.45) is 0 Å². The van der Waals surface area contributed by atoms with Gasteiger partial charge in [0.05, 0.1) is 11.3 Å². The number of amides is 3. The van der Waals surface area contributed by atoms with E-state index in [1.807, 2.05) is 0 Å². The predicted octanol–water partition coefficient (Wildman–Crippen LogP) is 0.236. The average Bonchev–Trinajstić information content (AvgIpc) is 2.74. The number of hydrogen-bond acceptors (Lipinski definition) is 6. The lowest BCUT2D eigenvalue weighted by atomic mass is 10.1. The van der Waals surface area contributed by atoms with Crippen LogP contribution in [-0.2, 0) is 31.0 Å². The summed E-state index contributed by atoms with van der Waals surface area (Å²) in [6.07, 6.45) is 2.91. The van der Waals surface area contributed by atoms with Crippen molar-refractivity contribution in [3.63, 3.8) is 0 Å². The molecule has 2 aromatic rings. The summed E-state index contributed by atoms with van der Waals surface area (Å²) < 4.78 is 27.4. The molecular weight excluding hydrogens is 422 g/mol. The van der Waals surface area contributed by atoms with Gasteiger partial charge in [0.1, 0.15) is 6.04 Å². The third-order valence-electron chi connectivity index (χ3n) is 4.65. The van der Waals surface area contributed by atoms with Gasteiger partial charge in [0.25, 0.3) is 0 Å². The van der Waals surface area contributed by atoms with Crippen LogP contribution in [0.1, 0.15) is 18.9 Å². The maximum Gasteiger partial charge on any atom is 0.243 e. The fourth-order valence-corrected chi connectivity index (χ4v) is 4.76. The minimum absolute atomic E-state index is 0.0305. The molecule has 3 rings (SSSR count). The summed E-state index contributed by atoms with van der Waals surface area (Å²) in [5, 5.41) is 7.86. The van der Waals surface area contributed by atoms with E-state index >= 15 is 0 Å². The van der Waals surface area contributed by atoms with Crippen LogP contribution in [0, 0.1) is 0 Å². The second-order valence-corrected chi connectivity index (χ2v) is 8.86. The first-order chi connectivity index (χ1) is 14.8. The molecule has 0 saturated carbocycles. The minimum Gasteiger partial charge on any atom is -0.353 e. The summed E-state index contributed by atoms with van der Waals surface area (Å²) >= 11 is 0. The molecule has 1 aromatic carbocycles. The van der Waals surface area contributed by atoms with Gasteiger partial charge in [-0.3, -0.25) is 19.4 Å². The van der Waals surface area contributed by atoms with E-state index in [0.29, 0.717) is 5.69 Å². The minimum atomic E-state index is -4.03. The van der Waals surface area contributed by atoms with Crippen molar-refractivity contribution < 1.29 is 22.8 Å². The quantitative estimate of drug-likeness (QED) is 0.558. The molecule has 3 amide bonds. The lowest BCUT2D eigenvalue weighted by Gasteiger charge is -2.33. The van der Waals surface area contributed by atoms with Crippen LogP contribution in [0.4, 0.5) is 5.69 Å². The van der Waals surface area contributed by atoms with Crippen molar-refractivity contribution in [2.45, 2.75) is 30.8 Å². The van der Waals surface area contributed by atoms with Crippen LogP contribution >= 0.6 is 0 Å². The Morgan fingerprint density at radius 1 is 1.23 bits per heavy atom. The number of pyridine rings is 1. The molecule has 1 saturated heterocycles. The Hall–Kier alpha value is -3.31. The first-order valence-corrected chi connectivity index (χ1v) is 11.0. The van der Waals surface area contributed by atoms with Gasteiger partial charge in [0.15, 0.2) is 0 Å². The Kier molecular flexibility index (Phi) is 6.98. The van der Waals surface area contributed by atoms with Crippen molar-refractivity contribution in [1.82, 2.24) is 19.9 Å². The molecule has 0 spiro atoms. The molecule has 164 valence electrons. The molecule has 3 N–H and O–H groups in total. The third kappa shape index (κ3) is 5.64. The monoisotopic (exact) mass is 445 g/mol. The molecule has 0 bridgehead atoms. The fraction of sp³-hybridized carbons (Fsp3) is 0.300. The van der Waals surface area contributed by atoms with E-state index in [0.717, 1.165) is 9.87 Å². The number of sulfonamides is 1. The topological polar surface area (TPSA) is 138 Å². The van der Waals surface area contributed by atoms with Crippen LogP contribution in [0.15, 0.2) is 53.7 Å². The van der Waals surface area contributed by atoms with Gasteiger partial charge in [-0.15, -0.1) is 0 Å². The molecule has 10 nitrogen and oxygen atoms in total. The summed E-state index contributed by atoms with van der Waals surface area (Å²) in [5.41, 5.74) is 1.24. The Bertz CT molecular complexity index is 1060. The van der Waals surface area contributed by atoms with Gasteiger partial charge in [0, 0.05) is 44.6 Å². The smallest absolute Gasteiger partial charge is 0.243 e. The van der Waals surface area contributed by atoms with Crippen LogP contribution < -0.4 is 16.0 Å². The zero-order valence-corrected chi connectivity index (χ0v) is 17.7. The third-order valence-corrected chi connectivity index (χ3v) is 6.58. The van der Waals surface area contributed by atoms with Crippen molar-refractivity contribution in [3.05, 3.63) is 54.4 Å². The number of nitrogens with zero attached hydrogens (tertiary/aromatic N) is 2. The molecule has 2 heterocycles. The highest BCUT2D eigenvalue weighted by Crippen LogP contribution is 2.23. The number of hydrogen-bond donors (Lipinski definition) is 3. The molecule has 31 heavy (non-hydrogen) atoms. The number of carbonyl (C=O) groups is 3. The van der Waals surface area contributed by atoms with Gasteiger partial charge >= 0.3 is 0 Å². The Morgan fingerprint density at radius 3 is 2.61 bits per heavy atom. The normalized spacial score (nSPS) is 16.9. The number of piperazine rings is 1. The van der Waals surface area contributed by atoms with E-state index in [2.05, 4.69) is 20.9 Å². The van der Waals surface area contributed by atoms with E-state index in [-0.39, 0.29) is 36.9 Å². The van der Waals surface area contributed by atoms with Gasteiger partial charge in [-0.05, 0) is 35.9 Å². The van der Waals surface area contributed by atoms with Crippen molar-refractivity contribution in [2.75, 3.05) is 18.4 Å². The standard InChI is InChI=1S/C20H23N5O5S/c1-14(26)24-16-4-6-17(7-5-16)31(29,30)25-10-9-22-20(28)18(25)11-19(27)23-13-15-3-2-8-21-12-15/h2-8,12,18H,9-11,13H2,1H3,(H,22,28)(H,23,27)(H,24,26). The van der Waals surface area contributed by atoms with Crippen molar-refractivity contribution in [3.8, 4) is 0 Å². The van der Waals surface area contributed by atoms with Gasteiger partial charge < -0.3 is 16.0 Å². The van der Waals surface area contributed by atoms with E-state index in [9.17, 15) is 22.8 Å². The molecule has 1 aromatic heterocycles. The summed E-state index contributed by atoms with van der Waals surface area (Å²) in [7, 11) is -4.03. The van der Waals surface area contributed by atoms with E-state index in [1.165, 1.54) is 31.2 Å². The van der Waals surface area contributed by atoms with Gasteiger partial charge in [0.2, 0.25) is 27.7 Å². The molecule has 1 unspecified atom stereocenters.